The molecule has 3 heteroatoms. The molecule has 0 aliphatic carbocycles. The zero-order chi connectivity index (χ0) is 7.49. The van der Waals surface area contributed by atoms with Crippen LogP contribution in [0.4, 0.5) is 0 Å². The largest absolute Gasteiger partial charge is 0.513 e. The van der Waals surface area contributed by atoms with Crippen LogP contribution in [0, 0.1) is 0 Å². The van der Waals surface area contributed by atoms with E-state index in [1.54, 1.807) is 13.8 Å². The Labute approximate surface area is 54.5 Å². The molecule has 0 rings (SSSR count). The van der Waals surface area contributed by atoms with E-state index in [-0.39, 0.29) is 5.76 Å². The summed E-state index contributed by atoms with van der Waals surface area (Å²) in [5.74, 6) is 0.133. The van der Waals surface area contributed by atoms with Crippen molar-refractivity contribution in [2.75, 3.05) is 0 Å². The molecule has 0 radical (unpaired) electrons. The van der Waals surface area contributed by atoms with E-state index < -0.39 is 5.60 Å². The summed E-state index contributed by atoms with van der Waals surface area (Å²) in [6, 6.07) is 0. The van der Waals surface area contributed by atoms with E-state index in [0.717, 1.165) is 0 Å². The van der Waals surface area contributed by atoms with Crippen molar-refractivity contribution in [1.29, 1.82) is 0 Å². The van der Waals surface area contributed by atoms with E-state index in [2.05, 4.69) is 4.89 Å². The minimum Gasteiger partial charge on any atom is -0.513 e. The van der Waals surface area contributed by atoms with Gasteiger partial charge in [-0.3, -0.25) is 5.26 Å². The Morgan fingerprint density at radius 2 is 2.00 bits per heavy atom. The second kappa shape index (κ2) is 2.85. The maximum atomic E-state index is 8.69. The van der Waals surface area contributed by atoms with E-state index in [9.17, 15) is 0 Å². The lowest BCUT2D eigenvalue weighted by Crippen LogP contribution is -2.19. The monoisotopic (exact) mass is 132 g/mol. The molecule has 0 aliphatic rings. The molecule has 2 N–H and O–H groups in total. The lowest BCUT2D eigenvalue weighted by molar-refractivity contribution is -0.297. The van der Waals surface area contributed by atoms with Crippen LogP contribution < -0.4 is 0 Å². The van der Waals surface area contributed by atoms with Gasteiger partial charge < -0.3 is 5.11 Å². The number of allylic oxidation sites excluding steroid dienone is 1. The Kier molecular flexibility index (Phi) is 2.67. The van der Waals surface area contributed by atoms with Crippen LogP contribution in [0.3, 0.4) is 0 Å². The maximum Gasteiger partial charge on any atom is 0.119 e. The number of aliphatic hydroxyl groups excluding tert-OH is 1. The van der Waals surface area contributed by atoms with Gasteiger partial charge in [0.1, 0.15) is 5.60 Å². The van der Waals surface area contributed by atoms with Gasteiger partial charge in [0.25, 0.3) is 0 Å². The highest BCUT2D eigenvalue weighted by Crippen LogP contribution is 2.10. The molecule has 0 unspecified atom stereocenters. The van der Waals surface area contributed by atoms with Crippen LogP contribution in [-0.4, -0.2) is 16.0 Å². The molecule has 0 amide bonds. The quantitative estimate of drug-likeness (QED) is 0.341. The first-order valence-electron chi connectivity index (χ1n) is 2.69. The van der Waals surface area contributed by atoms with Crippen LogP contribution in [0.2, 0.25) is 0 Å². The molecule has 54 valence electrons. The summed E-state index contributed by atoms with van der Waals surface area (Å²) in [6.07, 6.45) is 1.41. The molecule has 0 aromatic rings. The van der Waals surface area contributed by atoms with E-state index in [1.807, 2.05) is 0 Å². The molecular formula is C6H12O3. The zero-order valence-corrected chi connectivity index (χ0v) is 5.88. The molecule has 0 aromatic heterocycles. The SMILES string of the molecule is CC(O)=CC(C)(C)OO. The summed E-state index contributed by atoms with van der Waals surface area (Å²) in [6.45, 7) is 4.78. The lowest BCUT2D eigenvalue weighted by atomic mass is 10.1. The van der Waals surface area contributed by atoms with Gasteiger partial charge in [0, 0.05) is 0 Å². The van der Waals surface area contributed by atoms with Crippen LogP contribution in [0.25, 0.3) is 0 Å². The number of hydrogen-bond donors (Lipinski definition) is 2. The Balaban J connectivity index is 4.01. The van der Waals surface area contributed by atoms with Gasteiger partial charge in [0.2, 0.25) is 0 Å². The van der Waals surface area contributed by atoms with Gasteiger partial charge in [0.15, 0.2) is 0 Å². The molecule has 0 spiro atoms. The first kappa shape index (κ1) is 8.46. The number of hydrogen-bond acceptors (Lipinski definition) is 3. The standard InChI is InChI=1S/C6H12O3/c1-5(7)4-6(2,3)9-8/h4,7-8H,1-3H3. The van der Waals surface area contributed by atoms with Gasteiger partial charge in [0.05, 0.1) is 5.76 Å². The molecule has 0 aromatic carbocycles. The summed E-state index contributed by atoms with van der Waals surface area (Å²) < 4.78 is 0. The fourth-order valence-corrected chi connectivity index (χ4v) is 0.529. The van der Waals surface area contributed by atoms with Crippen LogP contribution in [0.5, 0.6) is 0 Å². The van der Waals surface area contributed by atoms with Crippen molar-refractivity contribution >= 4 is 0 Å². The van der Waals surface area contributed by atoms with Crippen molar-refractivity contribution in [1.82, 2.24) is 0 Å². The molecular weight excluding hydrogens is 120 g/mol. The first-order chi connectivity index (χ1) is 3.98. The molecule has 0 bridgehead atoms. The number of rotatable bonds is 2. The Morgan fingerprint density at radius 1 is 1.56 bits per heavy atom. The average molecular weight is 132 g/mol. The Hall–Kier alpha value is -0.540. The normalized spacial score (nSPS) is 14.0. The van der Waals surface area contributed by atoms with Crippen LogP contribution >= 0.6 is 0 Å². The highest BCUT2D eigenvalue weighted by atomic mass is 17.1. The van der Waals surface area contributed by atoms with Crippen molar-refractivity contribution in [3.63, 3.8) is 0 Å². The maximum absolute atomic E-state index is 8.69. The summed E-state index contributed by atoms with van der Waals surface area (Å²) >= 11 is 0. The summed E-state index contributed by atoms with van der Waals surface area (Å²) in [4.78, 5) is 4.01. The van der Waals surface area contributed by atoms with E-state index >= 15 is 0 Å². The van der Waals surface area contributed by atoms with Gasteiger partial charge >= 0.3 is 0 Å². The third-order valence-electron chi connectivity index (χ3n) is 0.792. The number of aliphatic hydroxyl groups is 1. The van der Waals surface area contributed by atoms with E-state index in [1.165, 1.54) is 13.0 Å². The summed E-state index contributed by atoms with van der Waals surface area (Å²) in [7, 11) is 0. The molecule has 0 heterocycles. The third-order valence-corrected chi connectivity index (χ3v) is 0.792. The lowest BCUT2D eigenvalue weighted by Gasteiger charge is -2.14. The van der Waals surface area contributed by atoms with Crippen LogP contribution in [-0.2, 0) is 4.89 Å². The van der Waals surface area contributed by atoms with Gasteiger partial charge in [-0.05, 0) is 26.8 Å². The smallest absolute Gasteiger partial charge is 0.119 e. The van der Waals surface area contributed by atoms with Crippen LogP contribution in [0.1, 0.15) is 20.8 Å². The van der Waals surface area contributed by atoms with Gasteiger partial charge in [-0.1, -0.05) is 0 Å². The minimum absolute atomic E-state index is 0.133. The molecule has 0 fully saturated rings. The van der Waals surface area contributed by atoms with Gasteiger partial charge in [-0.25, -0.2) is 4.89 Å². The van der Waals surface area contributed by atoms with E-state index in [4.69, 9.17) is 10.4 Å². The molecule has 0 saturated carbocycles. The van der Waals surface area contributed by atoms with E-state index in [0.29, 0.717) is 0 Å². The second-order valence-electron chi connectivity index (χ2n) is 2.48. The first-order valence-corrected chi connectivity index (χ1v) is 2.69. The Morgan fingerprint density at radius 3 is 2.11 bits per heavy atom. The molecule has 9 heavy (non-hydrogen) atoms. The van der Waals surface area contributed by atoms with Crippen molar-refractivity contribution < 1.29 is 15.3 Å². The Bertz CT molecular complexity index is 111. The molecule has 0 aliphatic heterocycles. The topological polar surface area (TPSA) is 49.7 Å². The third kappa shape index (κ3) is 4.00. The predicted octanol–water partition coefficient (Wildman–Crippen LogP) is 1.72. The van der Waals surface area contributed by atoms with Gasteiger partial charge in [-0.15, -0.1) is 0 Å². The molecule has 0 saturated heterocycles. The van der Waals surface area contributed by atoms with Gasteiger partial charge in [-0.2, -0.15) is 0 Å². The predicted molar refractivity (Wildman–Crippen MR) is 34.2 cm³/mol. The average Bonchev–Trinajstić information content (AvgIpc) is 1.63. The van der Waals surface area contributed by atoms with Crippen molar-refractivity contribution in [3.05, 3.63) is 11.8 Å². The minimum atomic E-state index is -0.793. The second-order valence-corrected chi connectivity index (χ2v) is 2.48. The molecule has 3 nitrogen and oxygen atoms in total. The van der Waals surface area contributed by atoms with Crippen LogP contribution in [0.15, 0.2) is 11.8 Å². The van der Waals surface area contributed by atoms with Crippen molar-refractivity contribution in [2.24, 2.45) is 0 Å². The van der Waals surface area contributed by atoms with Crippen molar-refractivity contribution in [3.8, 4) is 0 Å². The summed E-state index contributed by atoms with van der Waals surface area (Å²) in [5, 5.41) is 16.9. The summed E-state index contributed by atoms with van der Waals surface area (Å²) in [5.41, 5.74) is -0.793. The zero-order valence-electron chi connectivity index (χ0n) is 5.88. The van der Waals surface area contributed by atoms with Crippen molar-refractivity contribution in [2.45, 2.75) is 26.4 Å². The highest BCUT2D eigenvalue weighted by molar-refractivity contribution is 4.98. The fourth-order valence-electron chi connectivity index (χ4n) is 0.529. The highest BCUT2D eigenvalue weighted by Gasteiger charge is 2.14. The fraction of sp³-hybridized carbons (Fsp3) is 0.667. The molecule has 0 atom stereocenters.